The predicted molar refractivity (Wildman–Crippen MR) is 85.8 cm³/mol. The summed E-state index contributed by atoms with van der Waals surface area (Å²) < 4.78 is 26.2. The smallest absolute Gasteiger partial charge is 0.407 e. The molecule has 25 heavy (non-hydrogen) atoms. The second kappa shape index (κ2) is 7.34. The summed E-state index contributed by atoms with van der Waals surface area (Å²) in [6.45, 7) is 4.85. The fraction of sp³-hybridized carbons (Fsp3) is 0.733. The Bertz CT molecular complexity index is 642. The van der Waals surface area contributed by atoms with Crippen molar-refractivity contribution in [3.8, 4) is 0 Å². The molecule has 9 nitrogen and oxygen atoms in total. The van der Waals surface area contributed by atoms with Gasteiger partial charge in [-0.05, 0) is 33.6 Å². The zero-order valence-corrected chi connectivity index (χ0v) is 14.7. The molecule has 0 saturated carbocycles. The Morgan fingerprint density at radius 1 is 1.52 bits per heavy atom. The van der Waals surface area contributed by atoms with Crippen molar-refractivity contribution >= 4 is 11.8 Å². The first-order chi connectivity index (χ1) is 11.6. The Labute approximate surface area is 144 Å². The van der Waals surface area contributed by atoms with Crippen LogP contribution in [0, 0.1) is 10.1 Å². The summed E-state index contributed by atoms with van der Waals surface area (Å²) >= 11 is 0. The molecule has 1 aliphatic rings. The lowest BCUT2D eigenvalue weighted by Crippen LogP contribution is -2.44. The van der Waals surface area contributed by atoms with E-state index in [0.29, 0.717) is 6.42 Å². The van der Waals surface area contributed by atoms with Crippen molar-refractivity contribution in [3.63, 3.8) is 0 Å². The standard InChI is InChI=1S/C15H23FN4O5/c1-15(2,3)25-14(21)17-10-5-6-12(24-8-9(10)16)13-11(20(22)23)7-19(4)18-13/h7,9-10,12H,5-6,8H2,1-4H3,(H,17,21)/t9-,10+,12+/m0/s1. The van der Waals surface area contributed by atoms with E-state index in [1.807, 2.05) is 0 Å². The Kier molecular flexibility index (Phi) is 5.61. The maximum absolute atomic E-state index is 14.3. The molecule has 0 radical (unpaired) electrons. The van der Waals surface area contributed by atoms with Crippen LogP contribution in [-0.4, -0.2) is 45.2 Å². The number of carbonyl (C=O) groups excluding carboxylic acids is 1. The predicted octanol–water partition coefficient (Wildman–Crippen LogP) is 2.41. The van der Waals surface area contributed by atoms with Crippen LogP contribution in [0.3, 0.4) is 0 Å². The topological polar surface area (TPSA) is 109 Å². The number of aryl methyl sites for hydroxylation is 1. The van der Waals surface area contributed by atoms with Gasteiger partial charge in [0.25, 0.3) is 0 Å². The molecule has 1 fully saturated rings. The molecule has 1 amide bonds. The van der Waals surface area contributed by atoms with E-state index in [0.717, 1.165) is 0 Å². The highest BCUT2D eigenvalue weighted by atomic mass is 19.1. The summed E-state index contributed by atoms with van der Waals surface area (Å²) in [5.74, 6) is 0. The zero-order valence-electron chi connectivity index (χ0n) is 14.7. The highest BCUT2D eigenvalue weighted by Gasteiger charge is 2.35. The SMILES string of the molecule is Cn1cc([N+](=O)[O-])c([C@H]2CC[C@@H](NC(=O)OC(C)(C)C)[C@@H](F)CO2)n1. The highest BCUT2D eigenvalue weighted by Crippen LogP contribution is 2.32. The molecule has 1 saturated heterocycles. The van der Waals surface area contributed by atoms with E-state index in [-0.39, 0.29) is 24.4 Å². The summed E-state index contributed by atoms with van der Waals surface area (Å²) in [5, 5.41) is 17.7. The van der Waals surface area contributed by atoms with Gasteiger partial charge >= 0.3 is 11.8 Å². The van der Waals surface area contributed by atoms with Crippen molar-refractivity contribution < 1.29 is 23.6 Å². The Morgan fingerprint density at radius 2 is 2.20 bits per heavy atom. The number of hydrogen-bond acceptors (Lipinski definition) is 6. The van der Waals surface area contributed by atoms with E-state index in [4.69, 9.17) is 9.47 Å². The summed E-state index contributed by atoms with van der Waals surface area (Å²) in [4.78, 5) is 22.4. The Morgan fingerprint density at radius 3 is 2.80 bits per heavy atom. The summed E-state index contributed by atoms with van der Waals surface area (Å²) in [6.07, 6.45) is -1.03. The zero-order chi connectivity index (χ0) is 18.8. The van der Waals surface area contributed by atoms with E-state index >= 15 is 0 Å². The molecule has 2 heterocycles. The maximum atomic E-state index is 14.3. The molecular formula is C15H23FN4O5. The summed E-state index contributed by atoms with van der Waals surface area (Å²) in [6, 6.07) is -0.789. The number of amides is 1. The van der Waals surface area contributed by atoms with Crippen molar-refractivity contribution in [1.82, 2.24) is 15.1 Å². The average molecular weight is 358 g/mol. The average Bonchev–Trinajstić information content (AvgIpc) is 2.76. The minimum Gasteiger partial charge on any atom is -0.444 e. The van der Waals surface area contributed by atoms with Gasteiger partial charge in [0.15, 0.2) is 5.69 Å². The third-order valence-corrected chi connectivity index (χ3v) is 3.67. The number of ether oxygens (including phenoxy) is 2. The number of aromatic nitrogens is 2. The lowest BCUT2D eigenvalue weighted by atomic mass is 10.0. The molecule has 0 bridgehead atoms. The van der Waals surface area contributed by atoms with Crippen LogP contribution in [0.5, 0.6) is 0 Å². The lowest BCUT2D eigenvalue weighted by molar-refractivity contribution is -0.386. The van der Waals surface area contributed by atoms with Crippen molar-refractivity contribution in [3.05, 3.63) is 22.0 Å². The normalized spacial score (nSPS) is 24.4. The van der Waals surface area contributed by atoms with Gasteiger partial charge in [-0.15, -0.1) is 0 Å². The molecule has 0 unspecified atom stereocenters. The quantitative estimate of drug-likeness (QED) is 0.656. The van der Waals surface area contributed by atoms with Crippen LogP contribution in [0.4, 0.5) is 14.9 Å². The van der Waals surface area contributed by atoms with Gasteiger partial charge in [-0.1, -0.05) is 0 Å². The molecule has 1 aromatic heterocycles. The molecule has 0 aromatic carbocycles. The molecule has 1 aromatic rings. The van der Waals surface area contributed by atoms with Gasteiger partial charge in [-0.2, -0.15) is 5.10 Å². The van der Waals surface area contributed by atoms with Gasteiger partial charge in [0.05, 0.1) is 17.6 Å². The molecule has 140 valence electrons. The number of nitrogens with zero attached hydrogens (tertiary/aromatic N) is 3. The van der Waals surface area contributed by atoms with E-state index in [2.05, 4.69) is 10.4 Å². The minimum atomic E-state index is -1.44. The van der Waals surface area contributed by atoms with Crippen LogP contribution in [0.2, 0.25) is 0 Å². The second-order valence-corrected chi connectivity index (χ2v) is 7.00. The largest absolute Gasteiger partial charge is 0.444 e. The molecular weight excluding hydrogens is 335 g/mol. The van der Waals surface area contributed by atoms with Crippen molar-refractivity contribution in [2.75, 3.05) is 6.61 Å². The van der Waals surface area contributed by atoms with Crippen molar-refractivity contribution in [2.45, 2.75) is 57.5 Å². The van der Waals surface area contributed by atoms with Gasteiger partial charge in [0.1, 0.15) is 24.1 Å². The second-order valence-electron chi connectivity index (χ2n) is 7.00. The first-order valence-corrected chi connectivity index (χ1v) is 8.00. The first kappa shape index (κ1) is 19.1. The van der Waals surface area contributed by atoms with Crippen LogP contribution in [0.15, 0.2) is 6.20 Å². The van der Waals surface area contributed by atoms with Crippen LogP contribution in [0.1, 0.15) is 45.4 Å². The van der Waals surface area contributed by atoms with E-state index in [1.54, 1.807) is 27.8 Å². The van der Waals surface area contributed by atoms with Gasteiger partial charge in [0, 0.05) is 7.05 Å². The number of alkyl carbamates (subject to hydrolysis) is 1. The highest BCUT2D eigenvalue weighted by molar-refractivity contribution is 5.68. The van der Waals surface area contributed by atoms with Crippen molar-refractivity contribution in [1.29, 1.82) is 0 Å². The van der Waals surface area contributed by atoms with E-state index in [1.165, 1.54) is 10.9 Å². The van der Waals surface area contributed by atoms with E-state index < -0.39 is 34.9 Å². The Balaban J connectivity index is 2.06. The number of halogens is 1. The van der Waals surface area contributed by atoms with Crippen LogP contribution in [-0.2, 0) is 16.5 Å². The van der Waals surface area contributed by atoms with Crippen LogP contribution in [0.25, 0.3) is 0 Å². The summed E-state index contributed by atoms with van der Waals surface area (Å²) in [5.41, 5.74) is -0.687. The van der Waals surface area contributed by atoms with Gasteiger partial charge in [0.2, 0.25) is 0 Å². The maximum Gasteiger partial charge on any atom is 0.407 e. The number of carbonyl (C=O) groups is 1. The number of alkyl halides is 1. The molecule has 2 rings (SSSR count). The molecule has 10 heteroatoms. The number of hydrogen-bond donors (Lipinski definition) is 1. The first-order valence-electron chi connectivity index (χ1n) is 8.00. The van der Waals surface area contributed by atoms with Crippen LogP contribution < -0.4 is 5.32 Å². The molecule has 1 N–H and O–H groups in total. The minimum absolute atomic E-state index is 0.164. The molecule has 0 aliphatic carbocycles. The van der Waals surface area contributed by atoms with Gasteiger partial charge in [-0.3, -0.25) is 14.8 Å². The molecule has 1 aliphatic heterocycles. The van der Waals surface area contributed by atoms with Crippen molar-refractivity contribution in [2.24, 2.45) is 7.05 Å². The van der Waals surface area contributed by atoms with Crippen LogP contribution >= 0.6 is 0 Å². The fourth-order valence-electron chi connectivity index (χ4n) is 2.62. The Hall–Kier alpha value is -2.23. The van der Waals surface area contributed by atoms with E-state index in [9.17, 15) is 19.3 Å². The third-order valence-electron chi connectivity index (χ3n) is 3.67. The third kappa shape index (κ3) is 5.12. The molecule has 3 atom stereocenters. The number of rotatable bonds is 3. The van der Waals surface area contributed by atoms with Gasteiger partial charge < -0.3 is 14.8 Å². The number of nitro groups is 1. The van der Waals surface area contributed by atoms with Gasteiger partial charge in [-0.25, -0.2) is 9.18 Å². The monoisotopic (exact) mass is 358 g/mol. The summed E-state index contributed by atoms with van der Waals surface area (Å²) in [7, 11) is 1.57. The lowest BCUT2D eigenvalue weighted by Gasteiger charge is -2.24. The molecule has 0 spiro atoms. The fourth-order valence-corrected chi connectivity index (χ4v) is 2.62. The number of nitrogens with one attached hydrogen (secondary N) is 1.